The van der Waals surface area contributed by atoms with Crippen LogP contribution >= 0.6 is 11.6 Å². The van der Waals surface area contributed by atoms with E-state index in [4.69, 9.17) is 51.9 Å². The number of ether oxygens (including phenoxy) is 4. The molecule has 1 aromatic carbocycles. The lowest BCUT2D eigenvalue weighted by atomic mass is 9.77. The minimum absolute atomic E-state index is 0.00327. The van der Waals surface area contributed by atoms with E-state index in [-0.39, 0.29) is 83.9 Å². The lowest BCUT2D eigenvalue weighted by Crippen LogP contribution is -2.60. The van der Waals surface area contributed by atoms with Crippen LogP contribution in [-0.4, -0.2) is 111 Å². The summed E-state index contributed by atoms with van der Waals surface area (Å²) in [5.41, 5.74) is 0.428. The van der Waals surface area contributed by atoms with Gasteiger partial charge in [0.1, 0.15) is 28.5 Å². The van der Waals surface area contributed by atoms with Crippen molar-refractivity contribution < 1.29 is 28.4 Å². The predicted octanol–water partition coefficient (Wildman–Crippen LogP) is 7.20. The van der Waals surface area contributed by atoms with Gasteiger partial charge < -0.3 is 29.0 Å². The average Bonchev–Trinajstić information content (AvgIpc) is 3.84. The molecule has 0 spiro atoms. The zero-order valence-corrected chi connectivity index (χ0v) is 34.1. The number of likely N-dealkylation sites (tertiary alicyclic amines) is 1. The molecule has 57 heavy (non-hydrogen) atoms. The third-order valence-corrected chi connectivity index (χ3v) is 13.7. The maximum Gasteiger partial charge on any atom is 0.319 e. The Morgan fingerprint density at radius 3 is 2.65 bits per heavy atom. The van der Waals surface area contributed by atoms with Crippen LogP contribution in [0.5, 0.6) is 11.9 Å². The fraction of sp³-hybridized carbons (Fsp3) is 0.628. The monoisotopic (exact) mass is 801 g/mol. The highest BCUT2D eigenvalue weighted by atomic mass is 35.5. The molecule has 6 heterocycles. The Bertz CT molecular complexity index is 2200. The maximum absolute atomic E-state index is 17.7. The molecule has 2 aliphatic carbocycles. The van der Waals surface area contributed by atoms with Crippen LogP contribution in [0.1, 0.15) is 96.5 Å². The number of β-amino-alcohol motifs (C(OH)–C–C–N with tert-alkyl or cyclic N) is 1. The first-order chi connectivity index (χ1) is 27.5. The van der Waals surface area contributed by atoms with Gasteiger partial charge in [-0.15, -0.1) is 6.42 Å². The number of aromatic amines is 1. The molecule has 2 N–H and O–H groups in total. The highest BCUT2D eigenvalue weighted by Crippen LogP contribution is 2.52. The lowest BCUT2D eigenvalue weighted by molar-refractivity contribution is -0.103. The van der Waals surface area contributed by atoms with E-state index in [0.29, 0.717) is 39.9 Å². The van der Waals surface area contributed by atoms with Crippen molar-refractivity contribution in [3.05, 3.63) is 28.7 Å². The normalized spacial score (nSPS) is 31.4. The van der Waals surface area contributed by atoms with E-state index in [1.807, 2.05) is 11.0 Å². The summed E-state index contributed by atoms with van der Waals surface area (Å²) in [6.07, 6.45) is 17.7. The second kappa shape index (κ2) is 15.1. The lowest BCUT2D eigenvalue weighted by Gasteiger charge is -2.52. The van der Waals surface area contributed by atoms with Crippen molar-refractivity contribution in [2.24, 2.45) is 5.92 Å². The van der Waals surface area contributed by atoms with Gasteiger partial charge in [-0.2, -0.15) is 15.1 Å². The maximum atomic E-state index is 17.7. The minimum Gasteiger partial charge on any atom is -0.480 e. The SMILES string of the molecule is C#C[C@@]1(O)COCCN(c2nc(OC3CCCCN(C4C[C@@H](C)O[C@@H](C)C4)C4(C)CCCC34)nc3c(F)c(-c4c(C5CC5)c(Cl)cc5[nH]ncc45)nc(OC)c23)C1. The molecule has 2 saturated carbocycles. The van der Waals surface area contributed by atoms with Gasteiger partial charge in [0, 0.05) is 40.0 Å². The zero-order chi connectivity index (χ0) is 39.6. The first kappa shape index (κ1) is 38.7. The van der Waals surface area contributed by atoms with Crippen molar-refractivity contribution in [1.29, 1.82) is 0 Å². The number of hydrogen-bond donors (Lipinski definition) is 2. The van der Waals surface area contributed by atoms with Crippen molar-refractivity contribution in [3.8, 4) is 35.5 Å². The Kier molecular flexibility index (Phi) is 10.3. The standard InChI is InChI=1S/C43H53ClFN7O5/c1-6-43(53)22-51(16-17-55-23-43)39-35-38(36(45)37(47-40(35)54-5)34-28-21-46-50-31(28)20-30(44)33(34)26-12-13-26)48-41(49-39)57-32-11-7-8-15-52(42(4)14-9-10-29(32)42)27-18-24(2)56-25(3)19-27/h1,20-21,24-27,29,32,53H,7-19,22-23H2,2-5H3,(H,46,50)/t24-,25+,27?,29?,32?,42?,43-/m0/s1. The number of nitrogens with one attached hydrogen (secondary N) is 1. The molecule has 0 radical (unpaired) electrons. The molecule has 9 rings (SSSR count). The summed E-state index contributed by atoms with van der Waals surface area (Å²) in [6, 6.07) is 2.33. The first-order valence-corrected chi connectivity index (χ1v) is 21.1. The topological polar surface area (TPSA) is 131 Å². The van der Waals surface area contributed by atoms with Gasteiger partial charge in [-0.1, -0.05) is 23.9 Å². The summed E-state index contributed by atoms with van der Waals surface area (Å²) in [4.78, 5) is 19.4. The van der Waals surface area contributed by atoms with Gasteiger partial charge in [0.25, 0.3) is 0 Å². The molecular weight excluding hydrogens is 749 g/mol. The summed E-state index contributed by atoms with van der Waals surface area (Å²) < 4.78 is 42.7. The Labute approximate surface area is 338 Å². The highest BCUT2D eigenvalue weighted by Gasteiger charge is 2.51. The molecule has 7 atom stereocenters. The number of H-pyrrole nitrogens is 1. The van der Waals surface area contributed by atoms with Crippen LogP contribution in [0.2, 0.25) is 5.02 Å². The highest BCUT2D eigenvalue weighted by molar-refractivity contribution is 6.33. The van der Waals surface area contributed by atoms with E-state index in [1.54, 1.807) is 6.20 Å². The number of hydrogen-bond acceptors (Lipinski definition) is 11. The molecule has 3 aliphatic heterocycles. The molecule has 0 bridgehead atoms. The summed E-state index contributed by atoms with van der Waals surface area (Å²) in [5, 5.41) is 20.1. The van der Waals surface area contributed by atoms with Crippen molar-refractivity contribution >= 4 is 39.2 Å². The molecule has 4 aromatic rings. The summed E-state index contributed by atoms with van der Waals surface area (Å²) in [6.45, 7) is 8.36. The molecule has 0 amide bonds. The minimum atomic E-state index is -1.62. The van der Waals surface area contributed by atoms with Crippen molar-refractivity contribution in [3.63, 3.8) is 0 Å². The molecule has 3 saturated heterocycles. The van der Waals surface area contributed by atoms with Crippen LogP contribution < -0.4 is 14.4 Å². The predicted molar refractivity (Wildman–Crippen MR) is 216 cm³/mol. The molecule has 12 nitrogen and oxygen atoms in total. The molecule has 3 aromatic heterocycles. The Balaban J connectivity index is 1.19. The van der Waals surface area contributed by atoms with E-state index >= 15 is 4.39 Å². The van der Waals surface area contributed by atoms with Gasteiger partial charge in [-0.05, 0) is 103 Å². The smallest absolute Gasteiger partial charge is 0.319 e. The molecule has 5 aliphatic rings. The van der Waals surface area contributed by atoms with E-state index < -0.39 is 11.4 Å². The van der Waals surface area contributed by atoms with E-state index in [9.17, 15) is 5.11 Å². The van der Waals surface area contributed by atoms with E-state index in [2.05, 4.69) is 41.8 Å². The second-order valence-corrected chi connectivity index (χ2v) is 17.7. The van der Waals surface area contributed by atoms with E-state index in [1.165, 1.54) is 7.11 Å². The number of aliphatic hydroxyl groups is 1. The number of fused-ring (bicyclic) bond motifs is 3. The number of nitrogens with zero attached hydrogens (tertiary/aromatic N) is 6. The van der Waals surface area contributed by atoms with Crippen LogP contribution in [0, 0.1) is 24.1 Å². The fourth-order valence-electron chi connectivity index (χ4n) is 10.6. The Hall–Kier alpha value is -3.80. The first-order valence-electron chi connectivity index (χ1n) is 20.7. The third-order valence-electron chi connectivity index (χ3n) is 13.3. The van der Waals surface area contributed by atoms with Crippen LogP contribution in [-0.2, 0) is 9.47 Å². The third kappa shape index (κ3) is 6.99. The zero-order valence-electron chi connectivity index (χ0n) is 33.3. The van der Waals surface area contributed by atoms with E-state index in [0.717, 1.165) is 76.3 Å². The number of methoxy groups -OCH3 is 1. The molecule has 304 valence electrons. The number of terminal acetylenes is 1. The number of aromatic nitrogens is 5. The number of anilines is 1. The summed E-state index contributed by atoms with van der Waals surface area (Å²) in [7, 11) is 1.50. The summed E-state index contributed by atoms with van der Waals surface area (Å²) >= 11 is 6.92. The average molecular weight is 802 g/mol. The van der Waals surface area contributed by atoms with Gasteiger partial charge in [0.15, 0.2) is 11.4 Å². The van der Waals surface area contributed by atoms with Gasteiger partial charge in [0.05, 0.1) is 50.8 Å². The molecule has 14 heteroatoms. The van der Waals surface area contributed by atoms with Crippen LogP contribution in [0.15, 0.2) is 12.3 Å². The summed E-state index contributed by atoms with van der Waals surface area (Å²) in [5.74, 6) is 2.65. The fourth-order valence-corrected chi connectivity index (χ4v) is 11.0. The number of pyridine rings is 1. The molecule has 4 unspecified atom stereocenters. The van der Waals surface area contributed by atoms with Crippen molar-refractivity contribution in [2.45, 2.75) is 126 Å². The van der Waals surface area contributed by atoms with Crippen LogP contribution in [0.4, 0.5) is 10.2 Å². The second-order valence-electron chi connectivity index (χ2n) is 17.3. The van der Waals surface area contributed by atoms with Crippen LogP contribution in [0.3, 0.4) is 0 Å². The molecular formula is C43H53ClFN7O5. The van der Waals surface area contributed by atoms with Gasteiger partial charge in [-0.25, -0.2) is 9.37 Å². The molecule has 5 fully saturated rings. The Morgan fingerprint density at radius 1 is 1.09 bits per heavy atom. The quantitative estimate of drug-likeness (QED) is 0.184. The van der Waals surface area contributed by atoms with Gasteiger partial charge in [-0.3, -0.25) is 10.00 Å². The largest absolute Gasteiger partial charge is 0.480 e. The number of benzene rings is 1. The van der Waals surface area contributed by atoms with Gasteiger partial charge >= 0.3 is 6.01 Å². The number of halogens is 2. The number of rotatable bonds is 7. The van der Waals surface area contributed by atoms with Gasteiger partial charge in [0.2, 0.25) is 5.88 Å². The Morgan fingerprint density at radius 2 is 1.89 bits per heavy atom. The van der Waals surface area contributed by atoms with Crippen molar-refractivity contribution in [1.82, 2.24) is 30.0 Å². The van der Waals surface area contributed by atoms with Crippen LogP contribution in [0.25, 0.3) is 33.1 Å². The van der Waals surface area contributed by atoms with Crippen molar-refractivity contribution in [2.75, 3.05) is 44.9 Å².